The van der Waals surface area contributed by atoms with Gasteiger partial charge in [-0.15, -0.1) is 0 Å². The van der Waals surface area contributed by atoms with Crippen molar-refractivity contribution in [3.8, 4) is 0 Å². The van der Waals surface area contributed by atoms with E-state index in [1.54, 1.807) is 0 Å². The van der Waals surface area contributed by atoms with Gasteiger partial charge in [0.1, 0.15) is 0 Å². The minimum absolute atomic E-state index is 0.816. The molecule has 1 atom stereocenters. The highest BCUT2D eigenvalue weighted by atomic mass is 15.1. The van der Waals surface area contributed by atoms with Crippen molar-refractivity contribution in [1.29, 1.82) is 0 Å². The van der Waals surface area contributed by atoms with E-state index in [1.165, 1.54) is 26.1 Å². The molecule has 0 aromatic heterocycles. The monoisotopic (exact) mass is 201 g/mol. The van der Waals surface area contributed by atoms with Crippen molar-refractivity contribution in [2.75, 3.05) is 19.6 Å². The molecule has 1 heteroatoms. The third-order valence-electron chi connectivity index (χ3n) is 2.67. The molecule has 0 fully saturated rings. The van der Waals surface area contributed by atoms with Gasteiger partial charge in [-0.05, 0) is 31.3 Å². The highest BCUT2D eigenvalue weighted by molar-refractivity contribution is 4.63. The molecular weight excluding hydrogens is 170 g/mol. The quantitative estimate of drug-likeness (QED) is 0.627. The SMILES string of the molecule is CC.CCCN(CC)CC(C)C(C)C. The third-order valence-corrected chi connectivity index (χ3v) is 2.67. The van der Waals surface area contributed by atoms with Gasteiger partial charge in [0.05, 0.1) is 0 Å². The largest absolute Gasteiger partial charge is 0.303 e. The number of hydrogen-bond donors (Lipinski definition) is 0. The standard InChI is InChI=1S/C11H25N.C2H6/c1-6-8-12(7-2)9-11(5)10(3)4;1-2/h10-11H,6-9H2,1-5H3;1-2H3. The lowest BCUT2D eigenvalue weighted by molar-refractivity contribution is 0.220. The fourth-order valence-electron chi connectivity index (χ4n) is 1.31. The average Bonchev–Trinajstić information content (AvgIpc) is 2.19. The Morgan fingerprint density at radius 2 is 1.50 bits per heavy atom. The maximum atomic E-state index is 2.55. The molecule has 0 N–H and O–H groups in total. The molecule has 0 radical (unpaired) electrons. The summed E-state index contributed by atoms with van der Waals surface area (Å²) in [7, 11) is 0. The van der Waals surface area contributed by atoms with Crippen LogP contribution in [0.5, 0.6) is 0 Å². The normalized spacial score (nSPS) is 12.6. The Hall–Kier alpha value is -0.0400. The first kappa shape index (κ1) is 16.4. The maximum Gasteiger partial charge on any atom is 0.000934 e. The van der Waals surface area contributed by atoms with Gasteiger partial charge >= 0.3 is 0 Å². The summed E-state index contributed by atoms with van der Waals surface area (Å²) < 4.78 is 0. The first-order valence-corrected chi connectivity index (χ1v) is 6.34. The molecule has 0 rings (SSSR count). The van der Waals surface area contributed by atoms with Crippen molar-refractivity contribution in [1.82, 2.24) is 4.90 Å². The van der Waals surface area contributed by atoms with E-state index in [0.717, 1.165) is 11.8 Å². The van der Waals surface area contributed by atoms with E-state index < -0.39 is 0 Å². The van der Waals surface area contributed by atoms with Gasteiger partial charge in [0, 0.05) is 6.54 Å². The molecule has 0 bridgehead atoms. The lowest BCUT2D eigenvalue weighted by atomic mass is 9.97. The summed E-state index contributed by atoms with van der Waals surface area (Å²) in [6, 6.07) is 0. The highest BCUT2D eigenvalue weighted by Crippen LogP contribution is 2.11. The molecule has 0 aliphatic rings. The second kappa shape index (κ2) is 11.0. The van der Waals surface area contributed by atoms with Crippen LogP contribution >= 0.6 is 0 Å². The second-order valence-electron chi connectivity index (χ2n) is 4.11. The number of nitrogens with zero attached hydrogens (tertiary/aromatic N) is 1. The van der Waals surface area contributed by atoms with Gasteiger partial charge in [-0.3, -0.25) is 0 Å². The molecule has 0 saturated heterocycles. The molecule has 0 spiro atoms. The highest BCUT2D eigenvalue weighted by Gasteiger charge is 2.10. The molecule has 0 aliphatic carbocycles. The zero-order valence-corrected chi connectivity index (χ0v) is 11.4. The summed E-state index contributed by atoms with van der Waals surface area (Å²) >= 11 is 0. The van der Waals surface area contributed by atoms with E-state index in [-0.39, 0.29) is 0 Å². The van der Waals surface area contributed by atoms with Gasteiger partial charge in [-0.1, -0.05) is 48.5 Å². The van der Waals surface area contributed by atoms with Crippen LogP contribution in [0, 0.1) is 11.8 Å². The predicted octanol–water partition coefficient (Wildman–Crippen LogP) is 4.04. The lowest BCUT2D eigenvalue weighted by Gasteiger charge is -2.25. The average molecular weight is 201 g/mol. The van der Waals surface area contributed by atoms with Crippen LogP contribution in [-0.4, -0.2) is 24.5 Å². The summed E-state index contributed by atoms with van der Waals surface area (Å²) in [5.41, 5.74) is 0. The maximum absolute atomic E-state index is 2.55. The first-order valence-electron chi connectivity index (χ1n) is 6.34. The van der Waals surface area contributed by atoms with Gasteiger partial charge in [-0.25, -0.2) is 0 Å². The molecule has 1 unspecified atom stereocenters. The van der Waals surface area contributed by atoms with Gasteiger partial charge in [0.25, 0.3) is 0 Å². The summed E-state index contributed by atoms with van der Waals surface area (Å²) in [5.74, 6) is 1.65. The van der Waals surface area contributed by atoms with Crippen LogP contribution in [0.4, 0.5) is 0 Å². The van der Waals surface area contributed by atoms with Crippen molar-refractivity contribution in [2.45, 2.75) is 54.9 Å². The smallest absolute Gasteiger partial charge is 0.000934 e. The molecule has 0 saturated carbocycles. The van der Waals surface area contributed by atoms with Crippen LogP contribution in [0.1, 0.15) is 54.9 Å². The van der Waals surface area contributed by atoms with Gasteiger partial charge < -0.3 is 4.90 Å². The summed E-state index contributed by atoms with van der Waals surface area (Å²) in [5, 5.41) is 0. The van der Waals surface area contributed by atoms with E-state index >= 15 is 0 Å². The Bertz CT molecular complexity index is 99.4. The van der Waals surface area contributed by atoms with Gasteiger partial charge in [0.15, 0.2) is 0 Å². The zero-order chi connectivity index (χ0) is 11.6. The van der Waals surface area contributed by atoms with Crippen molar-refractivity contribution in [3.05, 3.63) is 0 Å². The molecule has 1 nitrogen and oxygen atoms in total. The van der Waals surface area contributed by atoms with Crippen LogP contribution in [0.3, 0.4) is 0 Å². The molecule has 0 heterocycles. The van der Waals surface area contributed by atoms with Crippen molar-refractivity contribution >= 4 is 0 Å². The van der Waals surface area contributed by atoms with Gasteiger partial charge in [0.2, 0.25) is 0 Å². The predicted molar refractivity (Wildman–Crippen MR) is 67.8 cm³/mol. The van der Waals surface area contributed by atoms with Crippen molar-refractivity contribution in [2.24, 2.45) is 11.8 Å². The van der Waals surface area contributed by atoms with E-state index in [2.05, 4.69) is 39.5 Å². The Balaban J connectivity index is 0. The Labute approximate surface area is 91.9 Å². The second-order valence-corrected chi connectivity index (χ2v) is 4.11. The van der Waals surface area contributed by atoms with Crippen LogP contribution < -0.4 is 0 Å². The topological polar surface area (TPSA) is 3.24 Å². The van der Waals surface area contributed by atoms with Crippen LogP contribution in [-0.2, 0) is 0 Å². The van der Waals surface area contributed by atoms with E-state index in [9.17, 15) is 0 Å². The summed E-state index contributed by atoms with van der Waals surface area (Å²) in [6.07, 6.45) is 1.28. The lowest BCUT2D eigenvalue weighted by Crippen LogP contribution is -2.30. The third kappa shape index (κ3) is 8.55. The molecule has 0 aliphatic heterocycles. The molecule has 0 aromatic rings. The molecule has 14 heavy (non-hydrogen) atoms. The van der Waals surface area contributed by atoms with Crippen LogP contribution in [0.25, 0.3) is 0 Å². The number of rotatable bonds is 6. The summed E-state index contributed by atoms with van der Waals surface area (Å²) in [4.78, 5) is 2.55. The van der Waals surface area contributed by atoms with Crippen LogP contribution in [0.2, 0.25) is 0 Å². The molecule has 88 valence electrons. The minimum Gasteiger partial charge on any atom is -0.303 e. The Kier molecular flexibility index (Phi) is 12.9. The fraction of sp³-hybridized carbons (Fsp3) is 1.00. The molecule has 0 aromatic carbocycles. The number of hydrogen-bond acceptors (Lipinski definition) is 1. The Morgan fingerprint density at radius 3 is 1.79 bits per heavy atom. The molecular formula is C13H31N. The minimum atomic E-state index is 0.816. The van der Waals surface area contributed by atoms with E-state index in [4.69, 9.17) is 0 Å². The first-order chi connectivity index (χ1) is 6.61. The Morgan fingerprint density at radius 1 is 1.00 bits per heavy atom. The van der Waals surface area contributed by atoms with E-state index in [1.807, 2.05) is 13.8 Å². The van der Waals surface area contributed by atoms with Crippen molar-refractivity contribution < 1.29 is 0 Å². The fourth-order valence-corrected chi connectivity index (χ4v) is 1.31. The zero-order valence-electron chi connectivity index (χ0n) is 11.4. The molecule has 0 amide bonds. The van der Waals surface area contributed by atoms with Crippen LogP contribution in [0.15, 0.2) is 0 Å². The van der Waals surface area contributed by atoms with Crippen molar-refractivity contribution in [3.63, 3.8) is 0 Å². The summed E-state index contributed by atoms with van der Waals surface area (Å²) in [6.45, 7) is 19.2. The van der Waals surface area contributed by atoms with Gasteiger partial charge in [-0.2, -0.15) is 0 Å². The van der Waals surface area contributed by atoms with E-state index in [0.29, 0.717) is 0 Å².